The zero-order chi connectivity index (χ0) is 11.8. The van der Waals surface area contributed by atoms with Crippen LogP contribution in [0.5, 0.6) is 0 Å². The van der Waals surface area contributed by atoms with Crippen LogP contribution in [0, 0.1) is 5.92 Å². The third kappa shape index (κ3) is 3.10. The van der Waals surface area contributed by atoms with E-state index in [0.29, 0.717) is 12.6 Å². The minimum absolute atomic E-state index is 0.0619. The molecule has 0 atom stereocenters. The van der Waals surface area contributed by atoms with Crippen molar-refractivity contribution >= 4 is 0 Å². The van der Waals surface area contributed by atoms with Crippen LogP contribution < -0.4 is 5.32 Å². The van der Waals surface area contributed by atoms with Gasteiger partial charge in [0.1, 0.15) is 0 Å². The average Bonchev–Trinajstić information content (AvgIpc) is 2.97. The molecule has 0 spiro atoms. The summed E-state index contributed by atoms with van der Waals surface area (Å²) in [6.45, 7) is 0.447. The first kappa shape index (κ1) is 12.2. The summed E-state index contributed by atoms with van der Waals surface area (Å²) in [6.07, 6.45) is -1.19. The number of hydrogen-bond donors (Lipinski definition) is 2. The fourth-order valence-electron chi connectivity index (χ4n) is 2.28. The van der Waals surface area contributed by atoms with Crippen molar-refractivity contribution in [2.75, 3.05) is 6.54 Å². The van der Waals surface area contributed by atoms with Gasteiger partial charge in [-0.05, 0) is 38.5 Å². The highest BCUT2D eigenvalue weighted by Gasteiger charge is 2.45. The smallest absolute Gasteiger partial charge is 0.389 e. The van der Waals surface area contributed by atoms with Crippen molar-refractivity contribution in [3.8, 4) is 0 Å². The fraction of sp³-hybridized carbons (Fsp3) is 1.00. The minimum atomic E-state index is -4.09. The lowest BCUT2D eigenvalue weighted by Gasteiger charge is -2.36. The second kappa shape index (κ2) is 4.18. The quantitative estimate of drug-likeness (QED) is 0.789. The van der Waals surface area contributed by atoms with Gasteiger partial charge in [0.25, 0.3) is 0 Å². The molecule has 2 N–H and O–H groups in total. The van der Waals surface area contributed by atoms with E-state index in [0.717, 1.165) is 12.8 Å². The van der Waals surface area contributed by atoms with Crippen LogP contribution in [0.2, 0.25) is 0 Å². The average molecular weight is 237 g/mol. The zero-order valence-corrected chi connectivity index (χ0v) is 9.19. The summed E-state index contributed by atoms with van der Waals surface area (Å²) >= 11 is 0. The second-order valence-corrected chi connectivity index (χ2v) is 5.20. The summed E-state index contributed by atoms with van der Waals surface area (Å²) < 4.78 is 37.3. The van der Waals surface area contributed by atoms with Gasteiger partial charge in [0, 0.05) is 12.6 Å². The number of rotatable bonds is 3. The van der Waals surface area contributed by atoms with Gasteiger partial charge in [-0.15, -0.1) is 0 Å². The lowest BCUT2D eigenvalue weighted by Crippen LogP contribution is -2.45. The molecule has 2 aliphatic rings. The normalized spacial score (nSPS) is 36.4. The maximum atomic E-state index is 12.4. The van der Waals surface area contributed by atoms with Crippen molar-refractivity contribution in [1.29, 1.82) is 0 Å². The Hall–Kier alpha value is -0.290. The molecular weight excluding hydrogens is 219 g/mol. The Labute approximate surface area is 93.2 Å². The Bertz CT molecular complexity index is 242. The van der Waals surface area contributed by atoms with E-state index >= 15 is 0 Å². The molecule has 0 radical (unpaired) electrons. The predicted molar refractivity (Wildman–Crippen MR) is 54.0 cm³/mol. The molecule has 2 aliphatic carbocycles. The predicted octanol–water partition coefficient (Wildman–Crippen LogP) is 2.22. The van der Waals surface area contributed by atoms with Crippen molar-refractivity contribution < 1.29 is 18.3 Å². The molecule has 0 aliphatic heterocycles. The lowest BCUT2D eigenvalue weighted by molar-refractivity contribution is -0.192. The van der Waals surface area contributed by atoms with E-state index in [-0.39, 0.29) is 25.7 Å². The summed E-state index contributed by atoms with van der Waals surface area (Å²) in [4.78, 5) is 0. The van der Waals surface area contributed by atoms with E-state index in [2.05, 4.69) is 5.32 Å². The first-order valence-electron chi connectivity index (χ1n) is 5.92. The number of alkyl halides is 3. The van der Waals surface area contributed by atoms with E-state index in [1.165, 1.54) is 0 Å². The van der Waals surface area contributed by atoms with E-state index < -0.39 is 17.7 Å². The van der Waals surface area contributed by atoms with E-state index in [1.54, 1.807) is 0 Å². The molecule has 2 nitrogen and oxygen atoms in total. The van der Waals surface area contributed by atoms with Crippen molar-refractivity contribution in [1.82, 2.24) is 5.32 Å². The lowest BCUT2D eigenvalue weighted by atomic mass is 9.78. The fourth-order valence-corrected chi connectivity index (χ4v) is 2.28. The van der Waals surface area contributed by atoms with E-state index in [1.807, 2.05) is 0 Å². The zero-order valence-electron chi connectivity index (χ0n) is 9.19. The summed E-state index contributed by atoms with van der Waals surface area (Å²) in [7, 11) is 0. The van der Waals surface area contributed by atoms with Crippen molar-refractivity contribution in [2.24, 2.45) is 5.92 Å². The summed E-state index contributed by atoms with van der Waals surface area (Å²) in [5.74, 6) is -1.21. The van der Waals surface area contributed by atoms with Gasteiger partial charge in [0.15, 0.2) is 0 Å². The van der Waals surface area contributed by atoms with Gasteiger partial charge in [-0.2, -0.15) is 13.2 Å². The molecule has 0 aromatic carbocycles. The molecule has 0 bridgehead atoms. The van der Waals surface area contributed by atoms with Gasteiger partial charge < -0.3 is 10.4 Å². The highest BCUT2D eigenvalue weighted by Crippen LogP contribution is 2.41. The van der Waals surface area contributed by atoms with E-state index in [9.17, 15) is 18.3 Å². The Balaban J connectivity index is 1.78. The minimum Gasteiger partial charge on any atom is -0.389 e. The molecule has 0 unspecified atom stereocenters. The highest BCUT2D eigenvalue weighted by atomic mass is 19.4. The van der Waals surface area contributed by atoms with Gasteiger partial charge in [-0.1, -0.05) is 0 Å². The SMILES string of the molecule is OC1(CNC2CC2)CCC(C(F)(F)F)CC1. The molecule has 16 heavy (non-hydrogen) atoms. The van der Waals surface area contributed by atoms with Crippen LogP contribution >= 0.6 is 0 Å². The second-order valence-electron chi connectivity index (χ2n) is 5.20. The number of aliphatic hydroxyl groups is 1. The first-order chi connectivity index (χ1) is 7.39. The monoisotopic (exact) mass is 237 g/mol. The largest absolute Gasteiger partial charge is 0.391 e. The van der Waals surface area contributed by atoms with Gasteiger partial charge in [0.05, 0.1) is 11.5 Å². The molecule has 0 amide bonds. The summed E-state index contributed by atoms with van der Waals surface area (Å²) in [5, 5.41) is 13.3. The molecule has 0 heterocycles. The van der Waals surface area contributed by atoms with Crippen LogP contribution in [0.15, 0.2) is 0 Å². The molecule has 0 saturated heterocycles. The highest BCUT2D eigenvalue weighted by molar-refractivity contribution is 4.92. The van der Waals surface area contributed by atoms with Crippen molar-refractivity contribution in [3.63, 3.8) is 0 Å². The van der Waals surface area contributed by atoms with Crippen molar-refractivity contribution in [2.45, 2.75) is 56.3 Å². The standard InChI is InChI=1S/C11H18F3NO/c12-11(13,14)8-3-5-10(16,6-4-8)7-15-9-1-2-9/h8-9,15-16H,1-7H2. The molecule has 2 saturated carbocycles. The van der Waals surface area contributed by atoms with Crippen LogP contribution in [0.4, 0.5) is 13.2 Å². The molecule has 5 heteroatoms. The molecule has 0 aromatic rings. The molecule has 2 fully saturated rings. The third-order valence-corrected chi connectivity index (χ3v) is 3.68. The van der Waals surface area contributed by atoms with Crippen LogP contribution in [-0.2, 0) is 0 Å². The Morgan fingerprint density at radius 3 is 2.12 bits per heavy atom. The Kier molecular flexibility index (Phi) is 3.18. The molecular formula is C11H18F3NO. The summed E-state index contributed by atoms with van der Waals surface area (Å²) in [5.41, 5.74) is -0.912. The number of hydrogen-bond acceptors (Lipinski definition) is 2. The Morgan fingerprint density at radius 1 is 1.12 bits per heavy atom. The maximum Gasteiger partial charge on any atom is 0.391 e. The van der Waals surface area contributed by atoms with Crippen LogP contribution in [0.3, 0.4) is 0 Å². The molecule has 0 aromatic heterocycles. The van der Waals surface area contributed by atoms with Crippen LogP contribution in [0.25, 0.3) is 0 Å². The van der Waals surface area contributed by atoms with Crippen molar-refractivity contribution in [3.05, 3.63) is 0 Å². The van der Waals surface area contributed by atoms with Crippen LogP contribution in [0.1, 0.15) is 38.5 Å². The van der Waals surface area contributed by atoms with Gasteiger partial charge >= 0.3 is 6.18 Å². The van der Waals surface area contributed by atoms with Gasteiger partial charge in [-0.3, -0.25) is 0 Å². The Morgan fingerprint density at radius 2 is 1.69 bits per heavy atom. The van der Waals surface area contributed by atoms with Crippen LogP contribution in [-0.4, -0.2) is 29.5 Å². The van der Waals surface area contributed by atoms with E-state index in [4.69, 9.17) is 0 Å². The third-order valence-electron chi connectivity index (χ3n) is 3.68. The molecule has 94 valence electrons. The van der Waals surface area contributed by atoms with Gasteiger partial charge in [-0.25, -0.2) is 0 Å². The number of nitrogens with one attached hydrogen (secondary N) is 1. The summed E-state index contributed by atoms with van der Waals surface area (Å²) in [6, 6.07) is 0.490. The number of halogens is 3. The first-order valence-corrected chi connectivity index (χ1v) is 5.92. The maximum absolute atomic E-state index is 12.4. The molecule has 2 rings (SSSR count). The van der Waals surface area contributed by atoms with Gasteiger partial charge in [0.2, 0.25) is 0 Å². The topological polar surface area (TPSA) is 32.3 Å².